The number of imidazole rings is 1. The second-order valence-corrected chi connectivity index (χ2v) is 5.14. The summed E-state index contributed by atoms with van der Waals surface area (Å²) in [6.45, 7) is 4.26. The zero-order chi connectivity index (χ0) is 13.1. The number of benzene rings is 1. The Morgan fingerprint density at radius 2 is 2.22 bits per heavy atom. The van der Waals surface area contributed by atoms with Crippen LogP contribution in [0.1, 0.15) is 31.3 Å². The predicted molar refractivity (Wildman–Crippen MR) is 78.1 cm³/mol. The molecular formula is C14H18BrN3. The fraction of sp³-hybridized carbons (Fsp3) is 0.357. The lowest BCUT2D eigenvalue weighted by Crippen LogP contribution is -2.13. The number of nitrogens with zero attached hydrogens (tertiary/aromatic N) is 2. The molecule has 1 unspecified atom stereocenters. The Morgan fingerprint density at radius 3 is 2.83 bits per heavy atom. The van der Waals surface area contributed by atoms with Crippen LogP contribution < -0.4 is 5.32 Å². The molecule has 1 aromatic heterocycles. The molecule has 0 aliphatic heterocycles. The van der Waals surface area contributed by atoms with Crippen LogP contribution in [0.5, 0.6) is 0 Å². The van der Waals surface area contributed by atoms with Crippen molar-refractivity contribution in [3.63, 3.8) is 0 Å². The van der Waals surface area contributed by atoms with Crippen LogP contribution >= 0.6 is 15.9 Å². The number of rotatable bonds is 4. The van der Waals surface area contributed by atoms with Crippen molar-refractivity contribution in [2.45, 2.75) is 26.3 Å². The van der Waals surface area contributed by atoms with E-state index in [0.29, 0.717) is 6.04 Å². The summed E-state index contributed by atoms with van der Waals surface area (Å²) in [5, 5.41) is 3.25. The lowest BCUT2D eigenvalue weighted by atomic mass is 10.1. The molecule has 2 aromatic rings. The minimum Gasteiger partial charge on any atom is -0.313 e. The monoisotopic (exact) mass is 307 g/mol. The summed E-state index contributed by atoms with van der Waals surface area (Å²) in [4.78, 5) is 4.35. The zero-order valence-electron chi connectivity index (χ0n) is 10.9. The van der Waals surface area contributed by atoms with E-state index >= 15 is 0 Å². The van der Waals surface area contributed by atoms with E-state index in [-0.39, 0.29) is 0 Å². The minimum atomic E-state index is 0.335. The Labute approximate surface area is 116 Å². The van der Waals surface area contributed by atoms with E-state index in [1.165, 1.54) is 5.56 Å². The number of hydrogen-bond acceptors (Lipinski definition) is 2. The summed E-state index contributed by atoms with van der Waals surface area (Å²) in [5.41, 5.74) is 2.41. The van der Waals surface area contributed by atoms with Gasteiger partial charge in [0.1, 0.15) is 5.82 Å². The van der Waals surface area contributed by atoms with E-state index in [0.717, 1.165) is 22.4 Å². The van der Waals surface area contributed by atoms with Crippen molar-refractivity contribution in [3.05, 3.63) is 46.5 Å². The van der Waals surface area contributed by atoms with E-state index in [1.807, 2.05) is 19.4 Å². The smallest absolute Gasteiger partial charge is 0.112 e. The van der Waals surface area contributed by atoms with Gasteiger partial charge in [0.05, 0.1) is 0 Å². The molecular weight excluding hydrogens is 290 g/mol. The molecule has 96 valence electrons. The summed E-state index contributed by atoms with van der Waals surface area (Å²) in [6.07, 6.45) is 4.78. The molecule has 0 saturated carbocycles. The van der Waals surface area contributed by atoms with E-state index in [4.69, 9.17) is 0 Å². The van der Waals surface area contributed by atoms with Crippen LogP contribution in [0, 0.1) is 0 Å². The van der Waals surface area contributed by atoms with Gasteiger partial charge in [-0.2, -0.15) is 0 Å². The molecule has 1 atom stereocenters. The summed E-state index contributed by atoms with van der Waals surface area (Å²) in [7, 11) is 1.97. The third-order valence-electron chi connectivity index (χ3n) is 3.20. The van der Waals surface area contributed by atoms with Crippen molar-refractivity contribution in [1.82, 2.24) is 14.9 Å². The van der Waals surface area contributed by atoms with Gasteiger partial charge in [-0.1, -0.05) is 28.9 Å². The maximum atomic E-state index is 4.35. The third-order valence-corrected chi connectivity index (χ3v) is 3.88. The van der Waals surface area contributed by atoms with E-state index in [1.54, 1.807) is 0 Å². The molecule has 18 heavy (non-hydrogen) atoms. The summed E-state index contributed by atoms with van der Waals surface area (Å²) in [6, 6.07) is 6.76. The maximum absolute atomic E-state index is 4.35. The first-order valence-corrected chi connectivity index (χ1v) is 6.96. The molecule has 4 heteroatoms. The quantitative estimate of drug-likeness (QED) is 0.937. The Kier molecular flexibility index (Phi) is 4.19. The van der Waals surface area contributed by atoms with Crippen molar-refractivity contribution < 1.29 is 0 Å². The molecule has 0 spiro atoms. The van der Waals surface area contributed by atoms with Crippen LogP contribution in [-0.2, 0) is 6.42 Å². The van der Waals surface area contributed by atoms with Gasteiger partial charge < -0.3 is 9.88 Å². The fourth-order valence-corrected chi connectivity index (χ4v) is 2.71. The highest BCUT2D eigenvalue weighted by Gasteiger charge is 2.09. The van der Waals surface area contributed by atoms with Crippen molar-refractivity contribution in [2.24, 2.45) is 0 Å². The normalized spacial score (nSPS) is 12.7. The highest BCUT2D eigenvalue weighted by atomic mass is 79.9. The van der Waals surface area contributed by atoms with Gasteiger partial charge in [-0.3, -0.25) is 0 Å². The van der Waals surface area contributed by atoms with Gasteiger partial charge in [0.25, 0.3) is 0 Å². The van der Waals surface area contributed by atoms with E-state index < -0.39 is 0 Å². The van der Waals surface area contributed by atoms with E-state index in [9.17, 15) is 0 Å². The lowest BCUT2D eigenvalue weighted by Gasteiger charge is -2.15. The third kappa shape index (κ3) is 2.49. The molecule has 1 N–H and O–H groups in total. The second-order valence-electron chi connectivity index (χ2n) is 4.28. The van der Waals surface area contributed by atoms with Gasteiger partial charge >= 0.3 is 0 Å². The molecule has 0 aliphatic carbocycles. The molecule has 0 saturated heterocycles. The largest absolute Gasteiger partial charge is 0.313 e. The molecule has 1 heterocycles. The van der Waals surface area contributed by atoms with Crippen molar-refractivity contribution in [3.8, 4) is 5.69 Å². The Balaban J connectivity index is 2.40. The van der Waals surface area contributed by atoms with Crippen LogP contribution in [0.3, 0.4) is 0 Å². The number of aromatic nitrogens is 2. The number of hydrogen-bond donors (Lipinski definition) is 1. The van der Waals surface area contributed by atoms with Crippen LogP contribution in [-0.4, -0.2) is 16.6 Å². The first-order chi connectivity index (χ1) is 8.67. The van der Waals surface area contributed by atoms with Crippen molar-refractivity contribution >= 4 is 15.9 Å². The molecule has 0 radical (unpaired) electrons. The fourth-order valence-electron chi connectivity index (χ4n) is 2.00. The number of nitrogens with one attached hydrogen (secondary N) is 1. The van der Waals surface area contributed by atoms with Crippen LogP contribution in [0.2, 0.25) is 0 Å². The van der Waals surface area contributed by atoms with Gasteiger partial charge in [0.15, 0.2) is 0 Å². The van der Waals surface area contributed by atoms with Crippen LogP contribution in [0.15, 0.2) is 35.1 Å². The van der Waals surface area contributed by atoms with Crippen molar-refractivity contribution in [1.29, 1.82) is 0 Å². The highest BCUT2D eigenvalue weighted by Crippen LogP contribution is 2.26. The van der Waals surface area contributed by atoms with E-state index in [2.05, 4.69) is 62.8 Å². The Morgan fingerprint density at radius 1 is 1.44 bits per heavy atom. The summed E-state index contributed by atoms with van der Waals surface area (Å²) < 4.78 is 3.25. The van der Waals surface area contributed by atoms with Gasteiger partial charge in [-0.05, 0) is 31.7 Å². The zero-order valence-corrected chi connectivity index (χ0v) is 12.5. The lowest BCUT2D eigenvalue weighted by molar-refractivity contribution is 0.649. The highest BCUT2D eigenvalue weighted by molar-refractivity contribution is 9.10. The van der Waals surface area contributed by atoms with Crippen LogP contribution in [0.4, 0.5) is 0 Å². The SMILES string of the molecule is CCc1nccn1-c1ccc(C(C)NC)c(Br)c1. The molecule has 2 rings (SSSR count). The van der Waals surface area contributed by atoms with Gasteiger partial charge in [-0.25, -0.2) is 4.98 Å². The summed E-state index contributed by atoms with van der Waals surface area (Å²) >= 11 is 3.65. The number of halogens is 1. The number of aryl methyl sites for hydroxylation is 1. The average molecular weight is 308 g/mol. The Bertz CT molecular complexity index is 534. The van der Waals surface area contributed by atoms with Crippen molar-refractivity contribution in [2.75, 3.05) is 7.05 Å². The standard InChI is InChI=1S/C14H18BrN3/c1-4-14-17-7-8-18(14)11-5-6-12(10(2)16-3)13(15)9-11/h5-10,16H,4H2,1-3H3. The first-order valence-electron chi connectivity index (χ1n) is 6.16. The van der Waals surface area contributed by atoms with Gasteiger partial charge in [0, 0.05) is 35.0 Å². The average Bonchev–Trinajstić information content (AvgIpc) is 2.86. The first kappa shape index (κ1) is 13.3. The topological polar surface area (TPSA) is 29.9 Å². The Hall–Kier alpha value is -1.13. The molecule has 1 aromatic carbocycles. The molecule has 0 bridgehead atoms. The maximum Gasteiger partial charge on any atom is 0.112 e. The summed E-state index contributed by atoms with van der Waals surface area (Å²) in [5.74, 6) is 1.08. The molecule has 0 fully saturated rings. The van der Waals surface area contributed by atoms with Gasteiger partial charge in [-0.15, -0.1) is 0 Å². The van der Waals surface area contributed by atoms with Crippen LogP contribution in [0.25, 0.3) is 5.69 Å². The minimum absolute atomic E-state index is 0.335. The predicted octanol–water partition coefficient (Wildman–Crippen LogP) is 3.48. The molecule has 0 amide bonds. The second kappa shape index (κ2) is 5.67. The molecule has 0 aliphatic rings. The van der Waals surface area contributed by atoms with Gasteiger partial charge in [0.2, 0.25) is 0 Å². The molecule has 3 nitrogen and oxygen atoms in total.